The summed E-state index contributed by atoms with van der Waals surface area (Å²) in [5, 5.41) is 0. The highest BCUT2D eigenvalue weighted by molar-refractivity contribution is 5.24. The largest absolute Gasteiger partial charge is 0.433 e. The van der Waals surface area contributed by atoms with Crippen molar-refractivity contribution in [3.8, 4) is 0 Å². The maximum atomic E-state index is 12.4. The van der Waals surface area contributed by atoms with Crippen molar-refractivity contribution >= 4 is 0 Å². The molecule has 0 saturated heterocycles. The fourth-order valence-corrected chi connectivity index (χ4v) is 1.46. The monoisotopic (exact) mass is 253 g/mol. The number of alkyl halides is 5. The number of aromatic nitrogens is 1. The van der Waals surface area contributed by atoms with Crippen molar-refractivity contribution in [1.29, 1.82) is 0 Å². The Kier molecular flexibility index (Phi) is 4.06. The summed E-state index contributed by atoms with van der Waals surface area (Å²) in [5.74, 6) is 0.0870. The first kappa shape index (κ1) is 13.9. The van der Waals surface area contributed by atoms with Gasteiger partial charge in [0.05, 0.1) is 0 Å². The van der Waals surface area contributed by atoms with Gasteiger partial charge < -0.3 is 0 Å². The number of hydrogen-bond acceptors (Lipinski definition) is 1. The van der Waals surface area contributed by atoms with Crippen LogP contribution in [0.1, 0.15) is 37.2 Å². The third kappa shape index (κ3) is 3.94. The van der Waals surface area contributed by atoms with Crippen molar-refractivity contribution in [1.82, 2.24) is 4.98 Å². The van der Waals surface area contributed by atoms with Gasteiger partial charge in [-0.25, -0.2) is 13.8 Å². The summed E-state index contributed by atoms with van der Waals surface area (Å²) in [5.41, 5.74) is -1.85. The number of nitrogens with zero attached hydrogens (tertiary/aromatic N) is 1. The van der Waals surface area contributed by atoms with E-state index >= 15 is 0 Å². The standard InChI is InChI=1S/C11H12F5N/c1-6(2)3-7-4-8(10(12)13)17-9(5-7)11(14,15)16/h4-6,10H,3H2,1-2H3. The molecule has 1 heterocycles. The van der Waals surface area contributed by atoms with Gasteiger partial charge in [0.2, 0.25) is 0 Å². The van der Waals surface area contributed by atoms with Crippen molar-refractivity contribution in [2.75, 3.05) is 0 Å². The molecule has 0 saturated carbocycles. The van der Waals surface area contributed by atoms with Crippen molar-refractivity contribution in [3.63, 3.8) is 0 Å². The molecule has 0 unspecified atom stereocenters. The van der Waals surface area contributed by atoms with E-state index in [-0.39, 0.29) is 11.5 Å². The van der Waals surface area contributed by atoms with Gasteiger partial charge >= 0.3 is 6.18 Å². The molecule has 0 aliphatic rings. The van der Waals surface area contributed by atoms with E-state index in [1.807, 2.05) is 0 Å². The Morgan fingerprint density at radius 3 is 2.18 bits per heavy atom. The highest BCUT2D eigenvalue weighted by Gasteiger charge is 2.33. The zero-order chi connectivity index (χ0) is 13.2. The predicted molar refractivity (Wildman–Crippen MR) is 52.7 cm³/mol. The smallest absolute Gasteiger partial charge is 0.242 e. The Labute approximate surface area is 95.7 Å². The highest BCUT2D eigenvalue weighted by Crippen LogP contribution is 2.30. The Bertz CT molecular complexity index is 384. The lowest BCUT2D eigenvalue weighted by Crippen LogP contribution is -2.11. The molecule has 0 bridgehead atoms. The second-order valence-corrected chi connectivity index (χ2v) is 4.18. The fraction of sp³-hybridized carbons (Fsp3) is 0.545. The van der Waals surface area contributed by atoms with E-state index in [2.05, 4.69) is 4.98 Å². The van der Waals surface area contributed by atoms with Crippen LogP contribution in [-0.2, 0) is 12.6 Å². The second-order valence-electron chi connectivity index (χ2n) is 4.18. The van der Waals surface area contributed by atoms with Gasteiger partial charge in [-0.05, 0) is 30.0 Å². The van der Waals surface area contributed by atoms with Gasteiger partial charge in [0.25, 0.3) is 6.43 Å². The normalized spacial score (nSPS) is 12.5. The van der Waals surface area contributed by atoms with Gasteiger partial charge in [-0.3, -0.25) is 0 Å². The lowest BCUT2D eigenvalue weighted by Gasteiger charge is -2.12. The molecule has 1 nitrogen and oxygen atoms in total. The van der Waals surface area contributed by atoms with Crippen LogP contribution in [0.4, 0.5) is 22.0 Å². The molecule has 6 heteroatoms. The van der Waals surface area contributed by atoms with E-state index in [1.165, 1.54) is 0 Å². The minimum atomic E-state index is -4.70. The van der Waals surface area contributed by atoms with Crippen molar-refractivity contribution in [3.05, 3.63) is 29.1 Å². The third-order valence-electron chi connectivity index (χ3n) is 2.06. The first-order valence-corrected chi connectivity index (χ1v) is 5.06. The van der Waals surface area contributed by atoms with E-state index < -0.39 is 24.0 Å². The van der Waals surface area contributed by atoms with E-state index in [9.17, 15) is 22.0 Å². The van der Waals surface area contributed by atoms with Crippen LogP contribution in [-0.4, -0.2) is 4.98 Å². The van der Waals surface area contributed by atoms with Gasteiger partial charge in [-0.2, -0.15) is 13.2 Å². The molecule has 0 radical (unpaired) electrons. The van der Waals surface area contributed by atoms with E-state index in [0.29, 0.717) is 6.42 Å². The maximum Gasteiger partial charge on any atom is 0.433 e. The van der Waals surface area contributed by atoms with Crippen LogP contribution >= 0.6 is 0 Å². The number of hydrogen-bond donors (Lipinski definition) is 0. The minimum Gasteiger partial charge on any atom is -0.242 e. The lowest BCUT2D eigenvalue weighted by molar-refractivity contribution is -0.141. The number of pyridine rings is 1. The molecule has 0 aliphatic carbocycles. The van der Waals surface area contributed by atoms with Crippen molar-refractivity contribution < 1.29 is 22.0 Å². The quantitative estimate of drug-likeness (QED) is 0.734. The van der Waals surface area contributed by atoms with Crippen molar-refractivity contribution in [2.24, 2.45) is 5.92 Å². The van der Waals surface area contributed by atoms with Crippen molar-refractivity contribution in [2.45, 2.75) is 32.9 Å². The number of rotatable bonds is 3. The zero-order valence-electron chi connectivity index (χ0n) is 9.35. The first-order chi connectivity index (χ1) is 7.70. The van der Waals surface area contributed by atoms with Gasteiger partial charge in [0, 0.05) is 0 Å². The van der Waals surface area contributed by atoms with E-state index in [4.69, 9.17) is 0 Å². The van der Waals surface area contributed by atoms with Crippen LogP contribution in [0.15, 0.2) is 12.1 Å². The van der Waals surface area contributed by atoms with Gasteiger partial charge in [-0.15, -0.1) is 0 Å². The van der Waals surface area contributed by atoms with Gasteiger partial charge in [-0.1, -0.05) is 13.8 Å². The lowest BCUT2D eigenvalue weighted by atomic mass is 10.0. The molecule has 0 N–H and O–H groups in total. The number of halogens is 5. The molecule has 0 aliphatic heterocycles. The molecular weight excluding hydrogens is 241 g/mol. The average molecular weight is 253 g/mol. The molecule has 96 valence electrons. The van der Waals surface area contributed by atoms with Gasteiger partial charge in [0.1, 0.15) is 11.4 Å². The topological polar surface area (TPSA) is 12.9 Å². The van der Waals surface area contributed by atoms with Crippen LogP contribution in [0.2, 0.25) is 0 Å². The summed E-state index contributed by atoms with van der Waals surface area (Å²) >= 11 is 0. The van der Waals surface area contributed by atoms with Crippen LogP contribution in [0, 0.1) is 5.92 Å². The Morgan fingerprint density at radius 1 is 1.18 bits per heavy atom. The Balaban J connectivity index is 3.19. The van der Waals surface area contributed by atoms with Gasteiger partial charge in [0.15, 0.2) is 0 Å². The summed E-state index contributed by atoms with van der Waals surface area (Å²) < 4.78 is 62.2. The summed E-state index contributed by atoms with van der Waals surface area (Å²) in [6.07, 6.45) is -7.38. The summed E-state index contributed by atoms with van der Waals surface area (Å²) in [6.45, 7) is 3.60. The first-order valence-electron chi connectivity index (χ1n) is 5.06. The van der Waals surface area contributed by atoms with Crippen LogP contribution in [0.5, 0.6) is 0 Å². The zero-order valence-corrected chi connectivity index (χ0v) is 9.35. The predicted octanol–water partition coefficient (Wildman–Crippen LogP) is 4.24. The van der Waals surface area contributed by atoms with Crippen LogP contribution in [0.25, 0.3) is 0 Å². The SMILES string of the molecule is CC(C)Cc1cc(C(F)F)nc(C(F)(F)F)c1. The van der Waals surface area contributed by atoms with E-state index in [0.717, 1.165) is 12.1 Å². The molecule has 1 aromatic heterocycles. The molecule has 1 aromatic rings. The fourth-order valence-electron chi connectivity index (χ4n) is 1.46. The Hall–Kier alpha value is -1.20. The summed E-state index contributed by atoms with van der Waals surface area (Å²) in [7, 11) is 0. The summed E-state index contributed by atoms with van der Waals surface area (Å²) in [6, 6.07) is 1.85. The third-order valence-corrected chi connectivity index (χ3v) is 2.06. The Morgan fingerprint density at radius 2 is 1.76 bits per heavy atom. The maximum absolute atomic E-state index is 12.4. The van der Waals surface area contributed by atoms with E-state index in [1.54, 1.807) is 13.8 Å². The average Bonchev–Trinajstić information content (AvgIpc) is 2.14. The molecule has 0 aromatic carbocycles. The highest BCUT2D eigenvalue weighted by atomic mass is 19.4. The van der Waals surface area contributed by atoms with Crippen LogP contribution in [0.3, 0.4) is 0 Å². The summed E-state index contributed by atoms with van der Waals surface area (Å²) in [4.78, 5) is 2.94. The molecular formula is C11H12F5N. The molecule has 1 rings (SSSR count). The second kappa shape index (κ2) is 4.98. The molecule has 17 heavy (non-hydrogen) atoms. The van der Waals surface area contributed by atoms with Crippen LogP contribution < -0.4 is 0 Å². The molecule has 0 amide bonds. The molecule has 0 spiro atoms. The molecule has 0 fully saturated rings. The molecule has 0 atom stereocenters. The minimum absolute atomic E-state index is 0.0870.